The number of aromatic nitrogens is 1. The molecule has 0 aliphatic carbocycles. The van der Waals surface area contributed by atoms with Gasteiger partial charge in [0, 0.05) is 22.8 Å². The highest BCUT2D eigenvalue weighted by molar-refractivity contribution is 7.11. The van der Waals surface area contributed by atoms with Gasteiger partial charge in [0.15, 0.2) is 0 Å². The normalized spacial score (nSPS) is 11.0. The zero-order chi connectivity index (χ0) is 20.8. The minimum absolute atomic E-state index is 0.338. The molecule has 0 fully saturated rings. The number of nitriles is 1. The van der Waals surface area contributed by atoms with Crippen molar-refractivity contribution in [3.63, 3.8) is 0 Å². The Balaban J connectivity index is 1.76. The van der Waals surface area contributed by atoms with Gasteiger partial charge in [-0.1, -0.05) is 23.8 Å². The lowest BCUT2D eigenvalue weighted by Crippen LogP contribution is -2.04. The van der Waals surface area contributed by atoms with Crippen molar-refractivity contribution in [3.05, 3.63) is 75.7 Å². The number of esters is 1. The van der Waals surface area contributed by atoms with Crippen molar-refractivity contribution in [2.45, 2.75) is 20.8 Å². The predicted molar refractivity (Wildman–Crippen MR) is 117 cm³/mol. The summed E-state index contributed by atoms with van der Waals surface area (Å²) in [6.45, 7) is 6.23. The van der Waals surface area contributed by atoms with Gasteiger partial charge in [0.1, 0.15) is 16.6 Å². The first-order valence-corrected chi connectivity index (χ1v) is 10.1. The fourth-order valence-corrected chi connectivity index (χ4v) is 3.62. The Labute approximate surface area is 174 Å². The second-order valence-electron chi connectivity index (χ2n) is 6.47. The van der Waals surface area contributed by atoms with Crippen molar-refractivity contribution in [2.75, 3.05) is 11.9 Å². The fourth-order valence-electron chi connectivity index (χ4n) is 2.84. The minimum Gasteiger partial charge on any atom is -0.462 e. The Hall–Kier alpha value is -3.43. The number of aryl methyl sites for hydroxylation is 2. The SMILES string of the molecule is CCOC(=O)c1ccc(N/C=C(\C#N)c2nc(-c3ccc(C)cc3C)cs2)cc1. The molecule has 0 saturated heterocycles. The summed E-state index contributed by atoms with van der Waals surface area (Å²) in [5.41, 5.74) is 5.99. The third-order valence-corrected chi connectivity index (χ3v) is 5.17. The molecule has 1 N–H and O–H groups in total. The van der Waals surface area contributed by atoms with Crippen LogP contribution in [0.15, 0.2) is 54.0 Å². The molecule has 1 heterocycles. The molecular weight excluding hydrogens is 382 g/mol. The predicted octanol–water partition coefficient (Wildman–Crippen LogP) is 5.58. The molecule has 5 nitrogen and oxygen atoms in total. The van der Waals surface area contributed by atoms with E-state index < -0.39 is 0 Å². The Morgan fingerprint density at radius 2 is 2.00 bits per heavy atom. The van der Waals surface area contributed by atoms with E-state index in [1.165, 1.54) is 16.9 Å². The van der Waals surface area contributed by atoms with Gasteiger partial charge < -0.3 is 10.1 Å². The lowest BCUT2D eigenvalue weighted by molar-refractivity contribution is 0.0526. The second kappa shape index (κ2) is 9.18. The van der Waals surface area contributed by atoms with Crippen molar-refractivity contribution >= 4 is 28.6 Å². The maximum Gasteiger partial charge on any atom is 0.338 e. The van der Waals surface area contributed by atoms with Gasteiger partial charge in [0.2, 0.25) is 0 Å². The Kier molecular flexibility index (Phi) is 6.43. The molecule has 0 aliphatic rings. The second-order valence-corrected chi connectivity index (χ2v) is 7.33. The molecule has 29 heavy (non-hydrogen) atoms. The Morgan fingerprint density at radius 1 is 1.24 bits per heavy atom. The number of benzene rings is 2. The van der Waals surface area contributed by atoms with Crippen molar-refractivity contribution in [3.8, 4) is 17.3 Å². The number of hydrogen-bond donors (Lipinski definition) is 1. The number of hydrogen-bond acceptors (Lipinski definition) is 6. The summed E-state index contributed by atoms with van der Waals surface area (Å²) in [5.74, 6) is -0.353. The van der Waals surface area contributed by atoms with Crippen LogP contribution in [0.1, 0.15) is 33.4 Å². The first-order chi connectivity index (χ1) is 14.0. The summed E-state index contributed by atoms with van der Waals surface area (Å²) < 4.78 is 4.97. The van der Waals surface area contributed by atoms with Crippen LogP contribution in [0.25, 0.3) is 16.8 Å². The number of nitrogens with one attached hydrogen (secondary N) is 1. The van der Waals surface area contributed by atoms with E-state index in [-0.39, 0.29) is 5.97 Å². The van der Waals surface area contributed by atoms with Crippen molar-refractivity contribution < 1.29 is 9.53 Å². The molecule has 3 rings (SSSR count). The van der Waals surface area contributed by atoms with Gasteiger partial charge in [-0.15, -0.1) is 11.3 Å². The number of thiazole rings is 1. The first-order valence-electron chi connectivity index (χ1n) is 9.19. The van der Waals surface area contributed by atoms with Crippen LogP contribution in [0.4, 0.5) is 5.69 Å². The number of carbonyl (C=O) groups is 1. The molecule has 1 aromatic heterocycles. The van der Waals surface area contributed by atoms with Crippen molar-refractivity contribution in [1.29, 1.82) is 5.26 Å². The van der Waals surface area contributed by atoms with E-state index in [9.17, 15) is 10.1 Å². The summed E-state index contributed by atoms with van der Waals surface area (Å²) in [6.07, 6.45) is 1.63. The maximum absolute atomic E-state index is 11.7. The largest absolute Gasteiger partial charge is 0.462 e. The van der Waals surface area contributed by atoms with Gasteiger partial charge >= 0.3 is 5.97 Å². The summed E-state index contributed by atoms with van der Waals surface area (Å²) in [4.78, 5) is 16.3. The van der Waals surface area contributed by atoms with Gasteiger partial charge in [0.05, 0.1) is 17.9 Å². The fraction of sp³-hybridized carbons (Fsp3) is 0.174. The Morgan fingerprint density at radius 3 is 2.66 bits per heavy atom. The van der Waals surface area contributed by atoms with E-state index in [2.05, 4.69) is 48.4 Å². The number of allylic oxidation sites excluding steroid dienone is 1. The highest BCUT2D eigenvalue weighted by Gasteiger charge is 2.11. The van der Waals surface area contributed by atoms with E-state index >= 15 is 0 Å². The lowest BCUT2D eigenvalue weighted by atomic mass is 10.0. The van der Waals surface area contributed by atoms with Gasteiger partial charge in [0.25, 0.3) is 0 Å². The van der Waals surface area contributed by atoms with Crippen LogP contribution in [0.2, 0.25) is 0 Å². The summed E-state index contributed by atoms with van der Waals surface area (Å²) in [5, 5.41) is 15.3. The summed E-state index contributed by atoms with van der Waals surface area (Å²) in [6, 6.07) is 15.3. The molecular formula is C23H21N3O2S. The molecule has 0 saturated carbocycles. The number of rotatable bonds is 6. The number of ether oxygens (including phenoxy) is 1. The quantitative estimate of drug-likeness (QED) is 0.429. The molecule has 0 atom stereocenters. The third-order valence-electron chi connectivity index (χ3n) is 4.29. The van der Waals surface area contributed by atoms with Crippen molar-refractivity contribution in [1.82, 2.24) is 4.98 Å². The minimum atomic E-state index is -0.353. The molecule has 3 aromatic rings. The highest BCUT2D eigenvalue weighted by Crippen LogP contribution is 2.28. The molecule has 2 aromatic carbocycles. The molecule has 0 amide bonds. The maximum atomic E-state index is 11.7. The number of carbonyl (C=O) groups excluding carboxylic acids is 1. The average molecular weight is 404 g/mol. The molecule has 0 unspecified atom stereocenters. The van der Waals surface area contributed by atoms with Crippen LogP contribution >= 0.6 is 11.3 Å². The Bertz CT molecular complexity index is 1090. The molecule has 0 spiro atoms. The van der Waals surface area contributed by atoms with Crippen LogP contribution in [0.3, 0.4) is 0 Å². The first kappa shape index (κ1) is 20.3. The van der Waals surface area contributed by atoms with Gasteiger partial charge in [-0.25, -0.2) is 9.78 Å². The number of anilines is 1. The van der Waals surface area contributed by atoms with Crippen LogP contribution in [0.5, 0.6) is 0 Å². The zero-order valence-electron chi connectivity index (χ0n) is 16.5. The standard InChI is InChI=1S/C23H21N3O2S/c1-4-28-23(27)17-6-8-19(9-7-17)25-13-18(12-24)22-26-21(14-29-22)20-10-5-15(2)11-16(20)3/h5-11,13-14,25H,4H2,1-3H3/b18-13+. The van der Waals surface area contributed by atoms with Crippen LogP contribution in [0, 0.1) is 25.2 Å². The lowest BCUT2D eigenvalue weighted by Gasteiger charge is -2.05. The summed E-state index contributed by atoms with van der Waals surface area (Å²) in [7, 11) is 0. The number of nitrogens with zero attached hydrogens (tertiary/aromatic N) is 2. The van der Waals surface area contributed by atoms with Crippen LogP contribution < -0.4 is 5.32 Å². The monoisotopic (exact) mass is 403 g/mol. The van der Waals surface area contributed by atoms with Gasteiger partial charge in [-0.05, 0) is 50.6 Å². The van der Waals surface area contributed by atoms with Gasteiger partial charge in [-0.3, -0.25) is 0 Å². The van der Waals surface area contributed by atoms with E-state index in [4.69, 9.17) is 4.74 Å². The third kappa shape index (κ3) is 4.89. The molecule has 6 heteroatoms. The molecule has 0 radical (unpaired) electrons. The van der Waals surface area contributed by atoms with Crippen LogP contribution in [-0.2, 0) is 4.74 Å². The van der Waals surface area contributed by atoms with Crippen molar-refractivity contribution in [2.24, 2.45) is 0 Å². The van der Waals surface area contributed by atoms with E-state index in [0.29, 0.717) is 22.8 Å². The summed E-state index contributed by atoms with van der Waals surface area (Å²) >= 11 is 1.43. The van der Waals surface area contributed by atoms with Gasteiger partial charge in [-0.2, -0.15) is 5.26 Å². The average Bonchev–Trinajstić information content (AvgIpc) is 3.19. The molecule has 146 valence electrons. The molecule has 0 aliphatic heterocycles. The van der Waals surface area contributed by atoms with E-state index in [0.717, 1.165) is 22.5 Å². The highest BCUT2D eigenvalue weighted by atomic mass is 32.1. The van der Waals surface area contributed by atoms with Crippen LogP contribution in [-0.4, -0.2) is 17.6 Å². The topological polar surface area (TPSA) is 75.0 Å². The molecule has 0 bridgehead atoms. The zero-order valence-corrected chi connectivity index (χ0v) is 17.3. The van der Waals surface area contributed by atoms with E-state index in [1.54, 1.807) is 37.4 Å². The smallest absolute Gasteiger partial charge is 0.338 e. The van der Waals surface area contributed by atoms with E-state index in [1.807, 2.05) is 5.38 Å².